The third-order valence-electron chi connectivity index (χ3n) is 2.76. The van der Waals surface area contributed by atoms with Crippen molar-refractivity contribution in [3.63, 3.8) is 0 Å². The molecule has 0 aliphatic rings. The molecule has 0 aliphatic carbocycles. The number of carboxylic acid groups (broad SMARTS) is 1. The molecule has 2 rings (SSSR count). The number of aromatic carboxylic acids is 1. The highest BCUT2D eigenvalue weighted by Gasteiger charge is 2.14. The van der Waals surface area contributed by atoms with Gasteiger partial charge in [0.05, 0.1) is 5.69 Å². The number of amides is 2. The van der Waals surface area contributed by atoms with Gasteiger partial charge < -0.3 is 15.7 Å². The van der Waals surface area contributed by atoms with Crippen molar-refractivity contribution in [2.75, 3.05) is 5.32 Å². The van der Waals surface area contributed by atoms with E-state index in [9.17, 15) is 9.59 Å². The fraction of sp³-hybridized carbons (Fsp3) is 0.214. The lowest BCUT2D eigenvalue weighted by atomic mass is 10.1. The van der Waals surface area contributed by atoms with E-state index in [0.717, 1.165) is 12.0 Å². The molecule has 2 amide bonds. The molecule has 6 nitrogen and oxygen atoms in total. The van der Waals surface area contributed by atoms with E-state index in [-0.39, 0.29) is 17.4 Å². The minimum atomic E-state index is -1.18. The standard InChI is InChI=1S/C14H15N3O3S/c1-9(7-10-4-6-21-8-10)16-14(20)17-11-3-2-5-15-12(11)13(18)19/h2-6,8-9H,7H2,1H3,(H,18,19)(H2,16,17,20). The number of nitrogens with zero attached hydrogens (tertiary/aromatic N) is 1. The van der Waals surface area contributed by atoms with Gasteiger partial charge in [-0.3, -0.25) is 0 Å². The second-order valence-corrected chi connectivity index (χ2v) is 5.32. The predicted molar refractivity (Wildman–Crippen MR) is 80.8 cm³/mol. The molecule has 21 heavy (non-hydrogen) atoms. The van der Waals surface area contributed by atoms with Crippen LogP contribution in [-0.2, 0) is 6.42 Å². The molecular weight excluding hydrogens is 290 g/mol. The number of carbonyl (C=O) groups excluding carboxylic acids is 1. The Morgan fingerprint density at radius 3 is 2.90 bits per heavy atom. The molecule has 1 atom stereocenters. The zero-order valence-electron chi connectivity index (χ0n) is 11.4. The molecule has 2 aromatic heterocycles. The highest BCUT2D eigenvalue weighted by atomic mass is 32.1. The van der Waals surface area contributed by atoms with Crippen LogP contribution in [0.5, 0.6) is 0 Å². The fourth-order valence-electron chi connectivity index (χ4n) is 1.87. The molecule has 7 heteroatoms. The van der Waals surface area contributed by atoms with E-state index < -0.39 is 12.0 Å². The second kappa shape index (κ2) is 6.85. The van der Waals surface area contributed by atoms with Crippen LogP contribution in [0.4, 0.5) is 10.5 Å². The van der Waals surface area contributed by atoms with Gasteiger partial charge in [-0.1, -0.05) is 0 Å². The van der Waals surface area contributed by atoms with Gasteiger partial charge in [0.1, 0.15) is 0 Å². The Morgan fingerprint density at radius 1 is 1.43 bits per heavy atom. The fourth-order valence-corrected chi connectivity index (χ4v) is 2.55. The first-order valence-electron chi connectivity index (χ1n) is 6.33. The van der Waals surface area contributed by atoms with Crippen molar-refractivity contribution in [1.82, 2.24) is 10.3 Å². The summed E-state index contributed by atoms with van der Waals surface area (Å²) in [6.07, 6.45) is 2.08. The van der Waals surface area contributed by atoms with Gasteiger partial charge in [-0.15, -0.1) is 0 Å². The lowest BCUT2D eigenvalue weighted by molar-refractivity contribution is 0.0692. The summed E-state index contributed by atoms with van der Waals surface area (Å²) < 4.78 is 0. The maximum Gasteiger partial charge on any atom is 0.356 e. The Balaban J connectivity index is 1.94. The number of urea groups is 1. The molecule has 0 aliphatic heterocycles. The minimum absolute atomic E-state index is 0.0652. The first-order valence-corrected chi connectivity index (χ1v) is 7.27. The van der Waals surface area contributed by atoms with Crippen molar-refractivity contribution in [1.29, 1.82) is 0 Å². The van der Waals surface area contributed by atoms with E-state index in [1.807, 2.05) is 23.8 Å². The number of pyridine rings is 1. The van der Waals surface area contributed by atoms with Crippen LogP contribution in [0.15, 0.2) is 35.2 Å². The summed E-state index contributed by atoms with van der Waals surface area (Å²) in [6.45, 7) is 1.89. The van der Waals surface area contributed by atoms with Gasteiger partial charge in [-0.25, -0.2) is 14.6 Å². The van der Waals surface area contributed by atoms with Crippen LogP contribution >= 0.6 is 11.3 Å². The molecule has 2 heterocycles. The third kappa shape index (κ3) is 4.28. The number of thiophene rings is 1. The predicted octanol–water partition coefficient (Wildman–Crippen LogP) is 2.59. The van der Waals surface area contributed by atoms with E-state index in [1.165, 1.54) is 12.3 Å². The Morgan fingerprint density at radius 2 is 2.24 bits per heavy atom. The first-order chi connectivity index (χ1) is 10.1. The number of hydrogen-bond donors (Lipinski definition) is 3. The molecule has 2 aromatic rings. The molecular formula is C14H15N3O3S. The average Bonchev–Trinajstić information content (AvgIpc) is 2.91. The maximum absolute atomic E-state index is 11.9. The van der Waals surface area contributed by atoms with Crippen LogP contribution in [0.3, 0.4) is 0 Å². The van der Waals surface area contributed by atoms with Crippen LogP contribution in [0.1, 0.15) is 23.0 Å². The Kier molecular flexibility index (Phi) is 4.89. The van der Waals surface area contributed by atoms with Crippen LogP contribution in [0.2, 0.25) is 0 Å². The van der Waals surface area contributed by atoms with E-state index in [0.29, 0.717) is 0 Å². The normalized spacial score (nSPS) is 11.7. The van der Waals surface area contributed by atoms with Crippen molar-refractivity contribution < 1.29 is 14.7 Å². The van der Waals surface area contributed by atoms with Crippen LogP contribution in [0, 0.1) is 0 Å². The molecule has 0 spiro atoms. The number of hydrogen-bond acceptors (Lipinski definition) is 4. The monoisotopic (exact) mass is 305 g/mol. The van der Waals surface area contributed by atoms with Crippen molar-refractivity contribution in [3.05, 3.63) is 46.4 Å². The molecule has 0 saturated carbocycles. The molecule has 0 aromatic carbocycles. The smallest absolute Gasteiger partial charge is 0.356 e. The molecule has 0 radical (unpaired) electrons. The lowest BCUT2D eigenvalue weighted by Gasteiger charge is -2.14. The molecule has 0 bridgehead atoms. The van der Waals surface area contributed by atoms with Crippen molar-refractivity contribution >= 4 is 29.0 Å². The SMILES string of the molecule is CC(Cc1ccsc1)NC(=O)Nc1cccnc1C(=O)O. The third-order valence-corrected chi connectivity index (χ3v) is 3.49. The van der Waals surface area contributed by atoms with E-state index in [4.69, 9.17) is 5.11 Å². The molecule has 1 unspecified atom stereocenters. The zero-order chi connectivity index (χ0) is 15.2. The van der Waals surface area contributed by atoms with Crippen LogP contribution < -0.4 is 10.6 Å². The highest BCUT2D eigenvalue weighted by molar-refractivity contribution is 7.07. The minimum Gasteiger partial charge on any atom is -0.476 e. The summed E-state index contributed by atoms with van der Waals surface area (Å²) in [5, 5.41) is 18.3. The molecule has 0 fully saturated rings. The average molecular weight is 305 g/mol. The van der Waals surface area contributed by atoms with Gasteiger partial charge in [0.15, 0.2) is 5.69 Å². The summed E-state index contributed by atoms with van der Waals surface area (Å²) in [6, 6.07) is 4.55. The maximum atomic E-state index is 11.9. The highest BCUT2D eigenvalue weighted by Crippen LogP contribution is 2.12. The van der Waals surface area contributed by atoms with Gasteiger partial charge in [-0.2, -0.15) is 11.3 Å². The van der Waals surface area contributed by atoms with Crippen LogP contribution in [-0.4, -0.2) is 28.1 Å². The number of aromatic nitrogens is 1. The van der Waals surface area contributed by atoms with E-state index in [2.05, 4.69) is 15.6 Å². The number of rotatable bonds is 5. The van der Waals surface area contributed by atoms with Crippen LogP contribution in [0.25, 0.3) is 0 Å². The molecule has 110 valence electrons. The van der Waals surface area contributed by atoms with Gasteiger partial charge in [0.25, 0.3) is 0 Å². The van der Waals surface area contributed by atoms with Gasteiger partial charge in [-0.05, 0) is 47.9 Å². The zero-order valence-corrected chi connectivity index (χ0v) is 12.2. The summed E-state index contributed by atoms with van der Waals surface area (Å²) >= 11 is 1.61. The van der Waals surface area contributed by atoms with Crippen molar-refractivity contribution in [3.8, 4) is 0 Å². The van der Waals surface area contributed by atoms with E-state index in [1.54, 1.807) is 17.4 Å². The molecule has 3 N–H and O–H groups in total. The summed E-state index contributed by atoms with van der Waals surface area (Å²) in [5.74, 6) is -1.18. The number of anilines is 1. The Labute approximate surface area is 125 Å². The van der Waals surface area contributed by atoms with Gasteiger partial charge in [0, 0.05) is 12.2 Å². The summed E-state index contributed by atoms with van der Waals surface area (Å²) in [5.41, 5.74) is 1.14. The largest absolute Gasteiger partial charge is 0.476 e. The van der Waals surface area contributed by atoms with Gasteiger partial charge >= 0.3 is 12.0 Å². The summed E-state index contributed by atoms with van der Waals surface area (Å²) in [7, 11) is 0. The van der Waals surface area contributed by atoms with Crippen molar-refractivity contribution in [2.24, 2.45) is 0 Å². The Hall–Kier alpha value is -2.41. The summed E-state index contributed by atoms with van der Waals surface area (Å²) in [4.78, 5) is 26.6. The number of nitrogens with one attached hydrogen (secondary N) is 2. The Bertz CT molecular complexity index is 628. The molecule has 0 saturated heterocycles. The van der Waals surface area contributed by atoms with Gasteiger partial charge in [0.2, 0.25) is 0 Å². The lowest BCUT2D eigenvalue weighted by Crippen LogP contribution is -2.37. The number of carbonyl (C=O) groups is 2. The van der Waals surface area contributed by atoms with E-state index >= 15 is 0 Å². The topological polar surface area (TPSA) is 91.3 Å². The quantitative estimate of drug-likeness (QED) is 0.792. The van der Waals surface area contributed by atoms with Crippen molar-refractivity contribution in [2.45, 2.75) is 19.4 Å². The number of carboxylic acids is 1. The second-order valence-electron chi connectivity index (χ2n) is 4.54. The first kappa shape index (κ1) is 15.0.